The van der Waals surface area contributed by atoms with Crippen molar-refractivity contribution >= 4 is 17.8 Å². The van der Waals surface area contributed by atoms with Gasteiger partial charge in [-0.25, -0.2) is 9.78 Å². The average Bonchev–Trinajstić information content (AvgIpc) is 3.41. The molecule has 1 fully saturated rings. The van der Waals surface area contributed by atoms with Gasteiger partial charge < -0.3 is 15.2 Å². The molecule has 0 spiro atoms. The number of nitrogens with zero attached hydrogens (tertiary/aromatic N) is 6. The van der Waals surface area contributed by atoms with E-state index < -0.39 is 23.4 Å². The summed E-state index contributed by atoms with van der Waals surface area (Å²) in [5.74, 6) is -0.496. The van der Waals surface area contributed by atoms with Crippen molar-refractivity contribution in [3.05, 3.63) is 42.2 Å². The topological polar surface area (TPSA) is 172 Å². The average molecular weight is 382 g/mol. The number of carbonyl (C=O) groups is 3. The van der Waals surface area contributed by atoms with Gasteiger partial charge in [0, 0.05) is 31.2 Å². The minimum atomic E-state index is -1.52. The van der Waals surface area contributed by atoms with Gasteiger partial charge in [0.05, 0.1) is 6.54 Å². The Balaban J connectivity index is 1.53. The van der Waals surface area contributed by atoms with Crippen molar-refractivity contribution in [3.63, 3.8) is 0 Å². The number of imide groups is 1. The van der Waals surface area contributed by atoms with Crippen LogP contribution in [0.2, 0.25) is 0 Å². The monoisotopic (exact) mass is 382 g/mol. The standard InChI is InChI=1S/C15H14N10O3/c1-25-5-4-16-12(25)15(13(27)19-14(28)20-15)7-18-11(26)9-3-2-8(6-17-9)10-21-23-24-22-10/h2-6H,7H2,1H3,(H,18,26)(H2,19,20,27,28)(H,21,22,23,24). The zero-order valence-corrected chi connectivity index (χ0v) is 14.5. The minimum Gasteiger partial charge on any atom is -0.347 e. The minimum absolute atomic E-state index is 0.118. The molecular weight excluding hydrogens is 368 g/mol. The molecule has 1 aliphatic rings. The van der Waals surface area contributed by atoms with Crippen LogP contribution in [-0.2, 0) is 17.4 Å². The van der Waals surface area contributed by atoms with E-state index in [1.165, 1.54) is 18.5 Å². The Kier molecular flexibility index (Phi) is 4.03. The summed E-state index contributed by atoms with van der Waals surface area (Å²) in [7, 11) is 1.68. The largest absolute Gasteiger partial charge is 0.347 e. The summed E-state index contributed by atoms with van der Waals surface area (Å²) in [6, 6.07) is 2.44. The molecule has 28 heavy (non-hydrogen) atoms. The molecule has 3 aromatic rings. The number of hydrogen-bond acceptors (Lipinski definition) is 8. The highest BCUT2D eigenvalue weighted by Gasteiger charge is 2.50. The molecule has 0 aromatic carbocycles. The van der Waals surface area contributed by atoms with Crippen LogP contribution in [0.5, 0.6) is 0 Å². The van der Waals surface area contributed by atoms with Crippen molar-refractivity contribution in [1.82, 2.24) is 51.1 Å². The number of tetrazole rings is 1. The molecule has 4 heterocycles. The van der Waals surface area contributed by atoms with Crippen molar-refractivity contribution in [1.29, 1.82) is 0 Å². The number of amides is 4. The fourth-order valence-electron chi connectivity index (χ4n) is 2.88. The molecule has 4 N–H and O–H groups in total. The number of aryl methyl sites for hydroxylation is 1. The van der Waals surface area contributed by atoms with Gasteiger partial charge in [0.1, 0.15) is 11.5 Å². The highest BCUT2D eigenvalue weighted by Crippen LogP contribution is 2.22. The smallest absolute Gasteiger partial charge is 0.322 e. The zero-order chi connectivity index (χ0) is 19.7. The zero-order valence-electron chi connectivity index (χ0n) is 14.5. The maximum absolute atomic E-state index is 12.5. The van der Waals surface area contributed by atoms with Crippen molar-refractivity contribution in [2.45, 2.75) is 5.54 Å². The summed E-state index contributed by atoms with van der Waals surface area (Å²) in [6.07, 6.45) is 4.56. The molecule has 0 aliphatic carbocycles. The molecule has 4 amide bonds. The Morgan fingerprint density at radius 2 is 2.14 bits per heavy atom. The third-order valence-electron chi connectivity index (χ3n) is 4.26. The number of hydrogen-bond donors (Lipinski definition) is 4. The first-order valence-corrected chi connectivity index (χ1v) is 8.09. The first-order chi connectivity index (χ1) is 13.5. The lowest BCUT2D eigenvalue weighted by Gasteiger charge is -2.25. The molecule has 13 heteroatoms. The van der Waals surface area contributed by atoms with Gasteiger partial charge in [-0.1, -0.05) is 0 Å². The molecule has 1 unspecified atom stereocenters. The van der Waals surface area contributed by atoms with Gasteiger partial charge in [-0.2, -0.15) is 5.21 Å². The van der Waals surface area contributed by atoms with E-state index >= 15 is 0 Å². The molecule has 3 aromatic heterocycles. The van der Waals surface area contributed by atoms with Crippen LogP contribution in [0.4, 0.5) is 4.79 Å². The maximum Gasteiger partial charge on any atom is 0.322 e. The van der Waals surface area contributed by atoms with Crippen LogP contribution < -0.4 is 16.0 Å². The van der Waals surface area contributed by atoms with Crippen molar-refractivity contribution in [2.24, 2.45) is 7.05 Å². The normalized spacial score (nSPS) is 18.6. The first-order valence-electron chi connectivity index (χ1n) is 8.09. The van der Waals surface area contributed by atoms with Gasteiger partial charge in [-0.15, -0.1) is 10.2 Å². The number of aromatic amines is 1. The fraction of sp³-hybridized carbons (Fsp3) is 0.200. The summed E-state index contributed by atoms with van der Waals surface area (Å²) < 4.78 is 1.59. The maximum atomic E-state index is 12.5. The van der Waals surface area contributed by atoms with Gasteiger partial charge in [0.25, 0.3) is 11.8 Å². The Morgan fingerprint density at radius 1 is 1.29 bits per heavy atom. The number of nitrogens with one attached hydrogen (secondary N) is 4. The molecule has 4 rings (SSSR count). The number of urea groups is 1. The van der Waals surface area contributed by atoms with Crippen LogP contribution >= 0.6 is 0 Å². The summed E-state index contributed by atoms with van der Waals surface area (Å²) >= 11 is 0. The van der Waals surface area contributed by atoms with Crippen LogP contribution in [0, 0.1) is 0 Å². The van der Waals surface area contributed by atoms with Crippen molar-refractivity contribution in [3.8, 4) is 11.4 Å². The number of imidazole rings is 1. The van der Waals surface area contributed by atoms with Crippen LogP contribution in [0.3, 0.4) is 0 Å². The second-order valence-corrected chi connectivity index (χ2v) is 6.03. The SMILES string of the molecule is Cn1ccnc1C1(CNC(=O)c2ccc(-c3nn[nH]n3)cn2)NC(=O)NC1=O. The van der Waals surface area contributed by atoms with Gasteiger partial charge in [-0.05, 0) is 17.3 Å². The molecule has 1 atom stereocenters. The number of aromatic nitrogens is 7. The van der Waals surface area contributed by atoms with Gasteiger partial charge in [-0.3, -0.25) is 19.9 Å². The predicted molar refractivity (Wildman–Crippen MR) is 91.3 cm³/mol. The van der Waals surface area contributed by atoms with E-state index in [2.05, 4.69) is 46.5 Å². The second-order valence-electron chi connectivity index (χ2n) is 6.03. The Hall–Kier alpha value is -4.16. The number of H-pyrrole nitrogens is 1. The molecule has 142 valence electrons. The second kappa shape index (κ2) is 6.53. The van der Waals surface area contributed by atoms with Crippen molar-refractivity contribution < 1.29 is 14.4 Å². The molecule has 0 saturated carbocycles. The van der Waals surface area contributed by atoms with Gasteiger partial charge in [0.15, 0.2) is 5.54 Å². The van der Waals surface area contributed by atoms with Gasteiger partial charge in [0.2, 0.25) is 5.82 Å². The molecular formula is C15H14N10O3. The summed E-state index contributed by atoms with van der Waals surface area (Å²) in [5, 5.41) is 20.8. The van der Waals surface area contributed by atoms with Crippen LogP contribution in [-0.4, -0.2) is 59.5 Å². The van der Waals surface area contributed by atoms with E-state index in [-0.39, 0.29) is 18.1 Å². The van der Waals surface area contributed by atoms with E-state index in [9.17, 15) is 14.4 Å². The number of pyridine rings is 1. The molecule has 1 aliphatic heterocycles. The van der Waals surface area contributed by atoms with Gasteiger partial charge >= 0.3 is 6.03 Å². The Labute approximate surface area is 156 Å². The van der Waals surface area contributed by atoms with E-state index in [0.29, 0.717) is 11.4 Å². The quantitative estimate of drug-likeness (QED) is 0.384. The summed E-state index contributed by atoms with van der Waals surface area (Å²) in [4.78, 5) is 44.9. The molecule has 13 nitrogen and oxygen atoms in total. The van der Waals surface area contributed by atoms with E-state index in [1.807, 2.05) is 0 Å². The molecule has 0 radical (unpaired) electrons. The van der Waals surface area contributed by atoms with Crippen LogP contribution in [0.1, 0.15) is 16.3 Å². The highest BCUT2D eigenvalue weighted by molar-refractivity contribution is 6.07. The Morgan fingerprint density at radius 3 is 2.71 bits per heavy atom. The van der Waals surface area contributed by atoms with E-state index in [0.717, 1.165) is 0 Å². The van der Waals surface area contributed by atoms with Crippen LogP contribution in [0.25, 0.3) is 11.4 Å². The lowest BCUT2D eigenvalue weighted by Crippen LogP contribution is -2.54. The van der Waals surface area contributed by atoms with Crippen molar-refractivity contribution in [2.75, 3.05) is 6.54 Å². The lowest BCUT2D eigenvalue weighted by molar-refractivity contribution is -0.124. The number of carbonyl (C=O) groups excluding carboxylic acids is 3. The third-order valence-corrected chi connectivity index (χ3v) is 4.26. The van der Waals surface area contributed by atoms with Crippen LogP contribution in [0.15, 0.2) is 30.7 Å². The summed E-state index contributed by atoms with van der Waals surface area (Å²) in [5.41, 5.74) is -0.820. The van der Waals surface area contributed by atoms with E-state index in [4.69, 9.17) is 0 Å². The lowest BCUT2D eigenvalue weighted by atomic mass is 9.98. The van der Waals surface area contributed by atoms with E-state index in [1.54, 1.807) is 23.9 Å². The third kappa shape index (κ3) is 2.84. The predicted octanol–water partition coefficient (Wildman–Crippen LogP) is -1.54. The number of rotatable bonds is 5. The molecule has 0 bridgehead atoms. The highest BCUT2D eigenvalue weighted by atomic mass is 16.2. The molecule has 1 saturated heterocycles. The Bertz CT molecular complexity index is 1040. The fourth-order valence-corrected chi connectivity index (χ4v) is 2.88. The first kappa shape index (κ1) is 17.3. The summed E-state index contributed by atoms with van der Waals surface area (Å²) in [6.45, 7) is -0.206.